The Bertz CT molecular complexity index is 741. The van der Waals surface area contributed by atoms with Crippen molar-refractivity contribution in [2.24, 2.45) is 0 Å². The topological polar surface area (TPSA) is 66.7 Å². The molecule has 0 fully saturated rings. The van der Waals surface area contributed by atoms with E-state index in [0.717, 1.165) is 35.6 Å². The van der Waals surface area contributed by atoms with Gasteiger partial charge in [-0.05, 0) is 38.6 Å². The van der Waals surface area contributed by atoms with E-state index < -0.39 is 0 Å². The number of likely N-dealkylation sites (N-methyl/N-ethyl adjacent to an activating group) is 1. The van der Waals surface area contributed by atoms with Crippen LogP contribution < -0.4 is 5.32 Å². The Morgan fingerprint density at radius 1 is 1.30 bits per heavy atom. The third kappa shape index (κ3) is 2.20. The van der Waals surface area contributed by atoms with Gasteiger partial charge in [0.05, 0.1) is 0 Å². The van der Waals surface area contributed by atoms with E-state index in [-0.39, 0.29) is 0 Å². The van der Waals surface area contributed by atoms with Crippen LogP contribution in [0.3, 0.4) is 0 Å². The molecule has 0 aliphatic rings. The minimum absolute atomic E-state index is 0.558. The summed E-state index contributed by atoms with van der Waals surface area (Å²) in [6, 6.07) is 6.34. The second-order valence-electron chi connectivity index (χ2n) is 5.04. The van der Waals surface area contributed by atoms with Crippen LogP contribution in [0.4, 0.5) is 0 Å². The van der Waals surface area contributed by atoms with Crippen LogP contribution in [0.5, 0.6) is 0 Å². The minimum Gasteiger partial charge on any atom is -0.350 e. The van der Waals surface area contributed by atoms with Crippen molar-refractivity contribution in [3.05, 3.63) is 35.2 Å². The predicted octanol–water partition coefficient (Wildman–Crippen LogP) is 2.60. The van der Waals surface area contributed by atoms with Crippen LogP contribution in [0.15, 0.2) is 22.7 Å². The lowest BCUT2D eigenvalue weighted by atomic mass is 10.1. The maximum atomic E-state index is 5.37. The summed E-state index contributed by atoms with van der Waals surface area (Å²) in [6.07, 6.45) is 0.762. The van der Waals surface area contributed by atoms with E-state index in [1.54, 1.807) is 0 Å². The molecular formula is C15H18N4O. The van der Waals surface area contributed by atoms with Crippen LogP contribution in [0, 0.1) is 13.8 Å². The summed E-state index contributed by atoms with van der Waals surface area (Å²) in [5.41, 5.74) is 4.39. The summed E-state index contributed by atoms with van der Waals surface area (Å²) < 4.78 is 5.37. The predicted molar refractivity (Wildman–Crippen MR) is 78.7 cm³/mol. The smallest absolute Gasteiger partial charge is 0.274 e. The van der Waals surface area contributed by atoms with Gasteiger partial charge in [-0.25, -0.2) is 0 Å². The number of hydrogen-bond acceptors (Lipinski definition) is 4. The van der Waals surface area contributed by atoms with Crippen molar-refractivity contribution in [2.75, 3.05) is 13.6 Å². The first-order valence-corrected chi connectivity index (χ1v) is 6.75. The van der Waals surface area contributed by atoms with Crippen LogP contribution in [0.25, 0.3) is 22.5 Å². The van der Waals surface area contributed by atoms with Gasteiger partial charge in [-0.15, -0.1) is 0 Å². The van der Waals surface area contributed by atoms with Gasteiger partial charge < -0.3 is 14.8 Å². The van der Waals surface area contributed by atoms with Crippen LogP contribution in [-0.2, 0) is 6.42 Å². The number of nitrogens with one attached hydrogen (secondary N) is 2. The van der Waals surface area contributed by atoms with E-state index in [4.69, 9.17) is 4.52 Å². The molecular weight excluding hydrogens is 252 g/mol. The maximum Gasteiger partial charge on any atom is 0.274 e. The summed E-state index contributed by atoms with van der Waals surface area (Å²) in [7, 11) is 1.91. The number of H-pyrrole nitrogens is 1. The first kappa shape index (κ1) is 12.9. The Morgan fingerprint density at radius 3 is 2.95 bits per heavy atom. The standard InChI is InChI=1S/C15H18N4O/c1-9-4-5-12-11(8-9)10(2)14(17-12)15-18-13(19-20-15)6-7-16-3/h4-5,8,16-17H,6-7H2,1-3H3. The molecule has 20 heavy (non-hydrogen) atoms. The molecule has 1 aromatic carbocycles. The largest absolute Gasteiger partial charge is 0.350 e. The molecule has 5 heteroatoms. The van der Waals surface area contributed by atoms with Gasteiger partial charge in [-0.1, -0.05) is 16.8 Å². The summed E-state index contributed by atoms with van der Waals surface area (Å²) >= 11 is 0. The fourth-order valence-corrected chi connectivity index (χ4v) is 2.35. The molecule has 2 heterocycles. The molecule has 5 nitrogen and oxygen atoms in total. The highest BCUT2D eigenvalue weighted by Gasteiger charge is 2.15. The summed E-state index contributed by atoms with van der Waals surface area (Å²) in [4.78, 5) is 7.81. The second-order valence-corrected chi connectivity index (χ2v) is 5.04. The molecule has 3 aromatic rings. The highest BCUT2D eigenvalue weighted by Crippen LogP contribution is 2.29. The van der Waals surface area contributed by atoms with E-state index in [9.17, 15) is 0 Å². The third-order valence-corrected chi connectivity index (χ3v) is 3.49. The molecule has 0 radical (unpaired) electrons. The van der Waals surface area contributed by atoms with Crippen molar-refractivity contribution < 1.29 is 4.52 Å². The van der Waals surface area contributed by atoms with Gasteiger partial charge in [0.2, 0.25) is 0 Å². The normalized spacial score (nSPS) is 11.3. The Morgan fingerprint density at radius 2 is 2.15 bits per heavy atom. The fraction of sp³-hybridized carbons (Fsp3) is 0.333. The summed E-state index contributed by atoms with van der Waals surface area (Å²) in [5.74, 6) is 1.28. The van der Waals surface area contributed by atoms with Gasteiger partial charge in [0, 0.05) is 23.9 Å². The SMILES string of the molecule is CNCCc1noc(-c2[nH]c3ccc(C)cc3c2C)n1. The molecule has 0 atom stereocenters. The van der Waals surface area contributed by atoms with Crippen LogP contribution in [-0.4, -0.2) is 28.7 Å². The number of fused-ring (bicyclic) bond motifs is 1. The molecule has 0 unspecified atom stereocenters. The Kier molecular flexibility index (Phi) is 3.28. The van der Waals surface area contributed by atoms with Crippen molar-refractivity contribution in [1.82, 2.24) is 20.4 Å². The van der Waals surface area contributed by atoms with Gasteiger partial charge in [0.1, 0.15) is 5.69 Å². The third-order valence-electron chi connectivity index (χ3n) is 3.49. The van der Waals surface area contributed by atoms with Crippen molar-refractivity contribution in [3.63, 3.8) is 0 Å². The Hall–Kier alpha value is -2.14. The molecule has 0 saturated heterocycles. The Balaban J connectivity index is 2.01. The molecule has 0 spiro atoms. The monoisotopic (exact) mass is 270 g/mol. The van der Waals surface area contributed by atoms with E-state index in [1.165, 1.54) is 10.9 Å². The van der Waals surface area contributed by atoms with Gasteiger partial charge >= 0.3 is 0 Å². The van der Waals surface area contributed by atoms with Gasteiger partial charge in [-0.3, -0.25) is 0 Å². The molecule has 0 amide bonds. The average Bonchev–Trinajstić information content (AvgIpc) is 3.02. The van der Waals surface area contributed by atoms with Gasteiger partial charge in [0.15, 0.2) is 5.82 Å². The molecule has 0 aliphatic carbocycles. The first-order chi connectivity index (χ1) is 9.69. The number of rotatable bonds is 4. The van der Waals surface area contributed by atoms with Gasteiger partial charge in [-0.2, -0.15) is 4.98 Å². The van der Waals surface area contributed by atoms with Crippen LogP contribution in [0.1, 0.15) is 17.0 Å². The number of nitrogens with zero attached hydrogens (tertiary/aromatic N) is 2. The van der Waals surface area contributed by atoms with Crippen LogP contribution >= 0.6 is 0 Å². The molecule has 0 aliphatic heterocycles. The van der Waals surface area contributed by atoms with Gasteiger partial charge in [0.25, 0.3) is 5.89 Å². The number of hydrogen-bond donors (Lipinski definition) is 2. The van der Waals surface area contributed by atoms with Crippen LogP contribution in [0.2, 0.25) is 0 Å². The quantitative estimate of drug-likeness (QED) is 0.764. The minimum atomic E-state index is 0.558. The zero-order valence-corrected chi connectivity index (χ0v) is 11.9. The Labute approximate surface area is 117 Å². The number of benzene rings is 1. The fourth-order valence-electron chi connectivity index (χ4n) is 2.35. The zero-order chi connectivity index (χ0) is 14.1. The lowest BCUT2D eigenvalue weighted by Crippen LogP contribution is -2.11. The molecule has 104 valence electrons. The van der Waals surface area contributed by atoms with Crippen molar-refractivity contribution >= 4 is 10.9 Å². The second kappa shape index (κ2) is 5.09. The highest BCUT2D eigenvalue weighted by atomic mass is 16.5. The molecule has 0 saturated carbocycles. The molecule has 0 bridgehead atoms. The van der Waals surface area contributed by atoms with E-state index >= 15 is 0 Å². The first-order valence-electron chi connectivity index (χ1n) is 6.75. The summed E-state index contributed by atoms with van der Waals surface area (Å²) in [5, 5.41) is 8.29. The van der Waals surface area contributed by atoms with E-state index in [2.05, 4.69) is 52.5 Å². The summed E-state index contributed by atoms with van der Waals surface area (Å²) in [6.45, 7) is 5.00. The molecule has 3 rings (SSSR count). The number of aryl methyl sites for hydroxylation is 2. The lowest BCUT2D eigenvalue weighted by Gasteiger charge is -1.94. The van der Waals surface area contributed by atoms with Crippen molar-refractivity contribution in [1.29, 1.82) is 0 Å². The van der Waals surface area contributed by atoms with E-state index in [0.29, 0.717) is 5.89 Å². The number of aromatic amines is 1. The molecule has 2 aromatic heterocycles. The average molecular weight is 270 g/mol. The zero-order valence-electron chi connectivity index (χ0n) is 11.9. The maximum absolute atomic E-state index is 5.37. The number of aromatic nitrogens is 3. The van der Waals surface area contributed by atoms with Crippen molar-refractivity contribution in [2.45, 2.75) is 20.3 Å². The lowest BCUT2D eigenvalue weighted by molar-refractivity contribution is 0.421. The molecule has 2 N–H and O–H groups in total. The van der Waals surface area contributed by atoms with Crippen molar-refractivity contribution in [3.8, 4) is 11.6 Å². The van der Waals surface area contributed by atoms with E-state index in [1.807, 2.05) is 7.05 Å². The highest BCUT2D eigenvalue weighted by molar-refractivity contribution is 5.89.